The molecule has 1 aromatic carbocycles. The van der Waals surface area contributed by atoms with Crippen molar-refractivity contribution in [1.29, 1.82) is 0 Å². The number of likely N-dealkylation sites (tertiary alicyclic amines) is 1. The van der Waals surface area contributed by atoms with E-state index in [1.165, 1.54) is 0 Å². The lowest BCUT2D eigenvalue weighted by molar-refractivity contribution is -0.155. The standard InChI is InChI=1S/C18H17NO4/c20-16-14-11-6-7-12(9-11)15(14)17(21)19(16)13(18(22)23)8-10-4-2-1-3-5-10/h1-7,11-15H,8-9H2,(H,22,23)/t11-,12-,13-,14-,15-/m0/s1. The molecule has 0 radical (unpaired) electrons. The van der Waals surface area contributed by atoms with Crippen LogP contribution in [0.4, 0.5) is 0 Å². The van der Waals surface area contributed by atoms with Crippen LogP contribution in [-0.4, -0.2) is 33.8 Å². The van der Waals surface area contributed by atoms with Crippen molar-refractivity contribution in [3.8, 4) is 0 Å². The molecule has 0 spiro atoms. The molecule has 4 rings (SSSR count). The highest BCUT2D eigenvalue weighted by atomic mass is 16.4. The molecule has 1 saturated carbocycles. The largest absolute Gasteiger partial charge is 0.480 e. The molecule has 1 N–H and O–H groups in total. The Morgan fingerprint density at radius 2 is 1.65 bits per heavy atom. The van der Waals surface area contributed by atoms with E-state index in [-0.39, 0.29) is 41.9 Å². The molecule has 1 aliphatic heterocycles. The first kappa shape index (κ1) is 14.2. The zero-order valence-corrected chi connectivity index (χ0v) is 12.5. The molecule has 0 unspecified atom stereocenters. The number of carbonyl (C=O) groups is 3. The van der Waals surface area contributed by atoms with Crippen molar-refractivity contribution in [3.63, 3.8) is 0 Å². The number of carboxylic acids is 1. The van der Waals surface area contributed by atoms with Crippen molar-refractivity contribution in [2.24, 2.45) is 23.7 Å². The smallest absolute Gasteiger partial charge is 0.327 e. The van der Waals surface area contributed by atoms with Crippen LogP contribution < -0.4 is 0 Å². The molecule has 118 valence electrons. The predicted molar refractivity (Wildman–Crippen MR) is 81.1 cm³/mol. The summed E-state index contributed by atoms with van der Waals surface area (Å²) in [7, 11) is 0. The van der Waals surface area contributed by atoms with Crippen molar-refractivity contribution in [1.82, 2.24) is 4.90 Å². The molecule has 1 heterocycles. The van der Waals surface area contributed by atoms with E-state index in [1.54, 1.807) is 0 Å². The third kappa shape index (κ3) is 2.03. The number of amides is 2. The number of allylic oxidation sites excluding steroid dienone is 2. The Labute approximate surface area is 133 Å². The summed E-state index contributed by atoms with van der Waals surface area (Å²) < 4.78 is 0. The van der Waals surface area contributed by atoms with Crippen LogP contribution in [-0.2, 0) is 20.8 Å². The SMILES string of the molecule is O=C(O)[C@H](Cc1ccccc1)N1C(=O)[C@@H]2[C@@H](C1=O)[C@H]1C=C[C@H]2C1. The molecule has 3 aliphatic rings. The molecule has 2 aliphatic carbocycles. The molecule has 1 aromatic rings. The Bertz CT molecular complexity index is 681. The minimum absolute atomic E-state index is 0.0950. The Kier molecular flexibility index (Phi) is 3.11. The molecule has 2 amide bonds. The predicted octanol–water partition coefficient (Wildman–Crippen LogP) is 1.49. The second-order valence-corrected chi connectivity index (χ2v) is 6.59. The van der Waals surface area contributed by atoms with Gasteiger partial charge in [-0.15, -0.1) is 0 Å². The highest BCUT2D eigenvalue weighted by Gasteiger charge is 2.61. The van der Waals surface area contributed by atoms with Crippen LogP contribution >= 0.6 is 0 Å². The van der Waals surface area contributed by atoms with Crippen LogP contribution in [0, 0.1) is 23.7 Å². The number of carboxylic acid groups (broad SMARTS) is 1. The van der Waals surface area contributed by atoms with Crippen LogP contribution in [0.5, 0.6) is 0 Å². The third-order valence-electron chi connectivity index (χ3n) is 5.37. The molecular weight excluding hydrogens is 294 g/mol. The van der Waals surface area contributed by atoms with Gasteiger partial charge in [0.05, 0.1) is 11.8 Å². The number of rotatable bonds is 4. The number of benzene rings is 1. The lowest BCUT2D eigenvalue weighted by Gasteiger charge is -2.24. The number of hydrogen-bond acceptors (Lipinski definition) is 3. The van der Waals surface area contributed by atoms with Gasteiger partial charge in [-0.25, -0.2) is 4.79 Å². The first-order valence-corrected chi connectivity index (χ1v) is 7.90. The van der Waals surface area contributed by atoms with Crippen LogP contribution in [0.2, 0.25) is 0 Å². The first-order chi connectivity index (χ1) is 11.1. The molecule has 2 fully saturated rings. The van der Waals surface area contributed by atoms with Gasteiger partial charge in [0.2, 0.25) is 11.8 Å². The highest BCUT2D eigenvalue weighted by Crippen LogP contribution is 2.52. The molecule has 0 aromatic heterocycles. The number of carbonyl (C=O) groups excluding carboxylic acids is 2. The van der Waals surface area contributed by atoms with Gasteiger partial charge in [0.15, 0.2) is 0 Å². The van der Waals surface area contributed by atoms with E-state index in [0.29, 0.717) is 0 Å². The highest BCUT2D eigenvalue weighted by molar-refractivity contribution is 6.08. The van der Waals surface area contributed by atoms with E-state index in [2.05, 4.69) is 0 Å². The van der Waals surface area contributed by atoms with Crippen molar-refractivity contribution in [2.75, 3.05) is 0 Å². The molecule has 2 bridgehead atoms. The molecular formula is C18H17NO4. The summed E-state index contributed by atoms with van der Waals surface area (Å²) >= 11 is 0. The zero-order valence-electron chi connectivity index (χ0n) is 12.5. The maximum atomic E-state index is 12.7. The zero-order chi connectivity index (χ0) is 16.1. The average Bonchev–Trinajstić information content (AvgIpc) is 3.21. The van der Waals surface area contributed by atoms with Gasteiger partial charge in [-0.05, 0) is 23.8 Å². The molecule has 1 saturated heterocycles. The van der Waals surface area contributed by atoms with Gasteiger partial charge in [-0.2, -0.15) is 0 Å². The van der Waals surface area contributed by atoms with Gasteiger partial charge >= 0.3 is 5.97 Å². The summed E-state index contributed by atoms with van der Waals surface area (Å²) in [6.45, 7) is 0. The van der Waals surface area contributed by atoms with Gasteiger partial charge < -0.3 is 5.11 Å². The first-order valence-electron chi connectivity index (χ1n) is 7.90. The van der Waals surface area contributed by atoms with Crippen LogP contribution in [0.1, 0.15) is 12.0 Å². The number of fused-ring (bicyclic) bond motifs is 5. The number of hydrogen-bond donors (Lipinski definition) is 1. The summed E-state index contributed by atoms with van der Waals surface area (Å²) in [6.07, 6.45) is 5.01. The van der Waals surface area contributed by atoms with E-state index in [1.807, 2.05) is 42.5 Å². The monoisotopic (exact) mass is 311 g/mol. The Balaban J connectivity index is 1.64. The average molecular weight is 311 g/mol. The fourth-order valence-electron chi connectivity index (χ4n) is 4.36. The molecule has 23 heavy (non-hydrogen) atoms. The van der Waals surface area contributed by atoms with Crippen LogP contribution in [0.3, 0.4) is 0 Å². The number of nitrogens with zero attached hydrogens (tertiary/aromatic N) is 1. The van der Waals surface area contributed by atoms with E-state index in [9.17, 15) is 19.5 Å². The summed E-state index contributed by atoms with van der Waals surface area (Å²) in [5.41, 5.74) is 0.804. The minimum Gasteiger partial charge on any atom is -0.480 e. The Hall–Kier alpha value is -2.43. The van der Waals surface area contributed by atoms with E-state index in [4.69, 9.17) is 0 Å². The normalized spacial score (nSPS) is 32.4. The molecule has 5 heteroatoms. The second kappa shape index (κ2) is 5.05. The van der Waals surface area contributed by atoms with Crippen molar-refractivity contribution < 1.29 is 19.5 Å². The third-order valence-corrected chi connectivity index (χ3v) is 5.37. The van der Waals surface area contributed by atoms with Gasteiger partial charge in [0.1, 0.15) is 6.04 Å². The summed E-state index contributed by atoms with van der Waals surface area (Å²) in [4.78, 5) is 38.2. The lowest BCUT2D eigenvalue weighted by Crippen LogP contribution is -2.47. The van der Waals surface area contributed by atoms with Gasteiger partial charge in [0, 0.05) is 6.42 Å². The van der Waals surface area contributed by atoms with Crippen molar-refractivity contribution in [2.45, 2.75) is 18.9 Å². The van der Waals surface area contributed by atoms with Crippen molar-refractivity contribution in [3.05, 3.63) is 48.0 Å². The second-order valence-electron chi connectivity index (χ2n) is 6.59. The minimum atomic E-state index is -1.13. The fourth-order valence-corrected chi connectivity index (χ4v) is 4.36. The van der Waals surface area contributed by atoms with Gasteiger partial charge in [-0.3, -0.25) is 14.5 Å². The van der Waals surface area contributed by atoms with Gasteiger partial charge in [-0.1, -0.05) is 42.5 Å². The maximum absolute atomic E-state index is 12.7. The van der Waals surface area contributed by atoms with Crippen LogP contribution in [0.25, 0.3) is 0 Å². The number of aliphatic carboxylic acids is 1. The quantitative estimate of drug-likeness (QED) is 0.675. The van der Waals surface area contributed by atoms with Gasteiger partial charge in [0.25, 0.3) is 0 Å². The van der Waals surface area contributed by atoms with Crippen LogP contribution in [0.15, 0.2) is 42.5 Å². The lowest BCUT2D eigenvalue weighted by atomic mass is 9.85. The van der Waals surface area contributed by atoms with E-state index in [0.717, 1.165) is 16.9 Å². The molecule has 5 nitrogen and oxygen atoms in total. The maximum Gasteiger partial charge on any atom is 0.327 e. The molecule has 5 atom stereocenters. The topological polar surface area (TPSA) is 74.7 Å². The summed E-state index contributed by atoms with van der Waals surface area (Å²) in [6, 6.07) is 7.99. The number of imide groups is 1. The van der Waals surface area contributed by atoms with E-state index >= 15 is 0 Å². The Morgan fingerprint density at radius 1 is 1.09 bits per heavy atom. The summed E-state index contributed by atoms with van der Waals surface area (Å²) in [5, 5.41) is 9.58. The van der Waals surface area contributed by atoms with Crippen molar-refractivity contribution >= 4 is 17.8 Å². The summed E-state index contributed by atoms with van der Waals surface area (Å²) in [5.74, 6) is -2.25. The fraction of sp³-hybridized carbons (Fsp3) is 0.389. The Morgan fingerprint density at radius 3 is 2.17 bits per heavy atom. The van der Waals surface area contributed by atoms with E-state index < -0.39 is 12.0 Å².